The van der Waals surface area contributed by atoms with E-state index in [0.29, 0.717) is 18.5 Å². The summed E-state index contributed by atoms with van der Waals surface area (Å²) >= 11 is 0. The number of carbonyl (C=O) groups is 1. The molecule has 1 aliphatic rings. The third kappa shape index (κ3) is 2.44. The molecule has 0 N–H and O–H groups in total. The molecule has 3 aromatic carbocycles. The van der Waals surface area contributed by atoms with Crippen LogP contribution < -0.4 is 0 Å². The number of aromatic nitrogens is 2. The number of ketones is 1. The Morgan fingerprint density at radius 1 is 0.926 bits per heavy atom. The number of aryl methyl sites for hydroxylation is 1. The van der Waals surface area contributed by atoms with Gasteiger partial charge in [0.1, 0.15) is 5.82 Å². The molecular weight excluding hydrogens is 334 g/mol. The summed E-state index contributed by atoms with van der Waals surface area (Å²) in [6, 6.07) is 23.7. The molecule has 0 spiro atoms. The van der Waals surface area contributed by atoms with Gasteiger partial charge in [0.25, 0.3) is 0 Å². The molecule has 0 saturated heterocycles. The second kappa shape index (κ2) is 5.93. The van der Waals surface area contributed by atoms with Gasteiger partial charge >= 0.3 is 0 Å². The number of Topliss-reactive ketones (excluding diaryl/α,β-unsaturated/α-hetero) is 1. The average Bonchev–Trinajstić information content (AvgIpc) is 3.11. The largest absolute Gasteiger partial charge is 0.323 e. The van der Waals surface area contributed by atoms with Gasteiger partial charge in [-0.3, -0.25) is 4.79 Å². The molecule has 0 fully saturated rings. The van der Waals surface area contributed by atoms with Gasteiger partial charge in [-0.15, -0.1) is 0 Å². The lowest BCUT2D eigenvalue weighted by atomic mass is 10.0. The second-order valence-electron chi connectivity index (χ2n) is 6.70. The van der Waals surface area contributed by atoms with Crippen molar-refractivity contribution in [2.24, 2.45) is 0 Å². The van der Waals surface area contributed by atoms with Gasteiger partial charge in [0, 0.05) is 24.1 Å². The number of carbonyl (C=O) groups excluding carboxylic acids is 1. The molecule has 0 amide bonds. The molecule has 4 heteroatoms. The highest BCUT2D eigenvalue weighted by molar-refractivity contribution is 6.08. The summed E-state index contributed by atoms with van der Waals surface area (Å²) in [5.74, 6) is 1.08. The topological polar surface area (TPSA) is 58.7 Å². The van der Waals surface area contributed by atoms with E-state index in [0.717, 1.165) is 39.1 Å². The van der Waals surface area contributed by atoms with Crippen molar-refractivity contribution in [3.63, 3.8) is 0 Å². The van der Waals surface area contributed by atoms with Crippen molar-refractivity contribution in [2.75, 3.05) is 0 Å². The van der Waals surface area contributed by atoms with Gasteiger partial charge in [-0.1, -0.05) is 42.5 Å². The van der Waals surface area contributed by atoms with Crippen LogP contribution in [-0.4, -0.2) is 15.3 Å². The predicted molar refractivity (Wildman–Crippen MR) is 104 cm³/mol. The first-order valence-electron chi connectivity index (χ1n) is 8.88. The minimum atomic E-state index is 0.187. The number of hydrogen-bond donors (Lipinski definition) is 0. The summed E-state index contributed by atoms with van der Waals surface area (Å²) in [6.45, 7) is 0.660. The molecule has 4 aromatic rings. The number of imidazole rings is 1. The van der Waals surface area contributed by atoms with Gasteiger partial charge < -0.3 is 4.57 Å². The highest BCUT2D eigenvalue weighted by atomic mass is 16.1. The Labute approximate surface area is 156 Å². The summed E-state index contributed by atoms with van der Waals surface area (Å²) < 4.78 is 2.15. The van der Waals surface area contributed by atoms with Gasteiger partial charge in [0.05, 0.1) is 22.7 Å². The molecular formula is C23H15N3O. The van der Waals surface area contributed by atoms with Crippen LogP contribution in [0.5, 0.6) is 0 Å². The number of hydrogen-bond acceptors (Lipinski definition) is 3. The van der Waals surface area contributed by atoms with E-state index in [1.165, 1.54) is 0 Å². The third-order valence-corrected chi connectivity index (χ3v) is 5.10. The molecule has 0 unspecified atom stereocenters. The molecule has 0 saturated carbocycles. The van der Waals surface area contributed by atoms with Gasteiger partial charge in [0.2, 0.25) is 0 Å². The van der Waals surface area contributed by atoms with E-state index in [9.17, 15) is 4.79 Å². The van der Waals surface area contributed by atoms with Crippen LogP contribution in [-0.2, 0) is 6.54 Å². The van der Waals surface area contributed by atoms with Crippen molar-refractivity contribution < 1.29 is 4.79 Å². The molecule has 27 heavy (non-hydrogen) atoms. The summed E-state index contributed by atoms with van der Waals surface area (Å²) in [5.41, 5.74) is 6.31. The monoisotopic (exact) mass is 349 g/mol. The van der Waals surface area contributed by atoms with Crippen molar-refractivity contribution in [2.45, 2.75) is 13.0 Å². The zero-order chi connectivity index (χ0) is 18.4. The Bertz CT molecular complexity index is 1240. The van der Waals surface area contributed by atoms with Crippen molar-refractivity contribution >= 4 is 16.8 Å². The van der Waals surface area contributed by atoms with Crippen LogP contribution in [0.25, 0.3) is 33.5 Å². The van der Waals surface area contributed by atoms with E-state index >= 15 is 0 Å². The number of benzene rings is 3. The lowest BCUT2D eigenvalue weighted by Crippen LogP contribution is -2.14. The first-order valence-corrected chi connectivity index (χ1v) is 8.88. The molecule has 4 nitrogen and oxygen atoms in total. The number of nitriles is 1. The highest BCUT2D eigenvalue weighted by Crippen LogP contribution is 2.32. The second-order valence-corrected chi connectivity index (χ2v) is 6.70. The van der Waals surface area contributed by atoms with Gasteiger partial charge in [-0.05, 0) is 35.4 Å². The molecule has 0 radical (unpaired) electrons. The Morgan fingerprint density at radius 2 is 1.70 bits per heavy atom. The predicted octanol–water partition coefficient (Wildman–Crippen LogP) is 4.83. The van der Waals surface area contributed by atoms with Gasteiger partial charge in [0.15, 0.2) is 5.78 Å². The SMILES string of the molecule is N#Cc1cccc(-c2ccc(-c3nc4cccc5c4n3CCC5=O)cc2)c1. The highest BCUT2D eigenvalue weighted by Gasteiger charge is 2.23. The van der Waals surface area contributed by atoms with Crippen LogP contribution in [0, 0.1) is 11.3 Å². The normalized spacial score (nSPS) is 12.9. The van der Waals surface area contributed by atoms with Gasteiger partial charge in [-0.25, -0.2) is 4.98 Å². The molecule has 5 rings (SSSR count). The maximum Gasteiger partial charge on any atom is 0.166 e. The van der Waals surface area contributed by atoms with Crippen LogP contribution in [0.15, 0.2) is 66.7 Å². The molecule has 0 aliphatic carbocycles. The van der Waals surface area contributed by atoms with E-state index < -0.39 is 0 Å². The molecule has 128 valence electrons. The van der Waals surface area contributed by atoms with E-state index in [1.807, 2.05) is 48.5 Å². The fourth-order valence-electron chi connectivity index (χ4n) is 3.78. The first kappa shape index (κ1) is 15.5. The van der Waals surface area contributed by atoms with Crippen LogP contribution >= 0.6 is 0 Å². The summed E-state index contributed by atoms with van der Waals surface area (Å²) in [7, 11) is 0. The first-order chi connectivity index (χ1) is 13.2. The molecule has 0 atom stereocenters. The standard InChI is InChI=1S/C23H15N3O/c24-14-15-3-1-4-18(13-15)16-7-9-17(10-8-16)23-25-20-6-2-5-19-21(27)11-12-26(23)22(19)20/h1-10,13H,11-12H2. The Morgan fingerprint density at radius 3 is 2.52 bits per heavy atom. The van der Waals surface area contributed by atoms with E-state index in [4.69, 9.17) is 10.2 Å². The summed E-state index contributed by atoms with van der Waals surface area (Å²) in [5, 5.41) is 9.09. The van der Waals surface area contributed by atoms with E-state index in [2.05, 4.69) is 22.8 Å². The van der Waals surface area contributed by atoms with Crippen molar-refractivity contribution in [1.29, 1.82) is 5.26 Å². The number of para-hydroxylation sites is 1. The number of rotatable bonds is 2. The van der Waals surface area contributed by atoms with E-state index in [-0.39, 0.29) is 5.78 Å². The fraction of sp³-hybridized carbons (Fsp3) is 0.0870. The fourth-order valence-corrected chi connectivity index (χ4v) is 3.78. The maximum absolute atomic E-state index is 12.2. The summed E-state index contributed by atoms with van der Waals surface area (Å²) in [4.78, 5) is 17.0. The van der Waals surface area contributed by atoms with Crippen molar-refractivity contribution in [1.82, 2.24) is 9.55 Å². The minimum absolute atomic E-state index is 0.187. The van der Waals surface area contributed by atoms with E-state index in [1.54, 1.807) is 6.07 Å². The smallest absolute Gasteiger partial charge is 0.166 e. The zero-order valence-corrected chi connectivity index (χ0v) is 14.5. The van der Waals surface area contributed by atoms with Crippen LogP contribution in [0.3, 0.4) is 0 Å². The van der Waals surface area contributed by atoms with Gasteiger partial charge in [-0.2, -0.15) is 5.26 Å². The summed E-state index contributed by atoms with van der Waals surface area (Å²) in [6.07, 6.45) is 0.508. The molecule has 1 aromatic heterocycles. The van der Waals surface area contributed by atoms with Crippen molar-refractivity contribution in [3.05, 3.63) is 77.9 Å². The Balaban J connectivity index is 1.60. The van der Waals surface area contributed by atoms with Crippen molar-refractivity contribution in [3.8, 4) is 28.6 Å². The zero-order valence-electron chi connectivity index (χ0n) is 14.5. The molecule has 2 heterocycles. The van der Waals surface area contributed by atoms with Crippen LogP contribution in [0.4, 0.5) is 0 Å². The Hall–Kier alpha value is -3.71. The average molecular weight is 349 g/mol. The quantitative estimate of drug-likeness (QED) is 0.521. The Kier molecular flexibility index (Phi) is 3.41. The lowest BCUT2D eigenvalue weighted by molar-refractivity contribution is 0.0973. The van der Waals surface area contributed by atoms with Crippen LogP contribution in [0.2, 0.25) is 0 Å². The van der Waals surface area contributed by atoms with Crippen LogP contribution in [0.1, 0.15) is 22.3 Å². The third-order valence-electron chi connectivity index (χ3n) is 5.10. The maximum atomic E-state index is 12.2. The molecule has 1 aliphatic heterocycles. The minimum Gasteiger partial charge on any atom is -0.323 e. The number of nitrogens with zero attached hydrogens (tertiary/aromatic N) is 3. The lowest BCUT2D eigenvalue weighted by Gasteiger charge is -2.16. The molecule has 0 bridgehead atoms.